The molecule has 0 fully saturated rings. The summed E-state index contributed by atoms with van der Waals surface area (Å²) in [6, 6.07) is 23.9. The maximum absolute atomic E-state index is 6.09. The Hall–Kier alpha value is -2.54. The maximum Gasteiger partial charge on any atom is 0.231 e. The average molecular weight is 502 g/mol. The van der Waals surface area contributed by atoms with E-state index in [9.17, 15) is 0 Å². The smallest absolute Gasteiger partial charge is 0.231 e. The second kappa shape index (κ2) is 9.08. The molecule has 152 valence electrons. The summed E-state index contributed by atoms with van der Waals surface area (Å²) in [5, 5.41) is 2.86. The van der Waals surface area contributed by atoms with E-state index in [-0.39, 0.29) is 23.8 Å². The molecule has 3 aromatic carbocycles. The van der Waals surface area contributed by atoms with Gasteiger partial charge in [-0.1, -0.05) is 48.0 Å². The van der Waals surface area contributed by atoms with Crippen molar-refractivity contribution in [3.8, 4) is 22.8 Å². The number of ether oxygens (including phenoxy) is 2. The van der Waals surface area contributed by atoms with Crippen LogP contribution in [0.1, 0.15) is 5.56 Å². The molecule has 1 aliphatic heterocycles. The highest BCUT2D eigenvalue weighted by Gasteiger charge is 2.15. The number of hydrogen-bond donors (Lipinski definition) is 0. The van der Waals surface area contributed by atoms with Crippen LogP contribution in [0.4, 0.5) is 5.69 Å². The zero-order valence-electron chi connectivity index (χ0n) is 15.8. The van der Waals surface area contributed by atoms with Crippen LogP contribution >= 0.6 is 39.9 Å². The number of halogens is 2. The Kier molecular flexibility index (Phi) is 6.27. The Morgan fingerprint density at radius 3 is 2.50 bits per heavy atom. The molecule has 0 N–H and O–H groups in total. The second-order valence-corrected chi connectivity index (χ2v) is 7.90. The van der Waals surface area contributed by atoms with E-state index in [0.717, 1.165) is 43.8 Å². The summed E-state index contributed by atoms with van der Waals surface area (Å²) >= 11 is 7.71. The largest absolute Gasteiger partial charge is 0.454 e. The Bertz CT molecular complexity index is 1220. The van der Waals surface area contributed by atoms with Crippen molar-refractivity contribution in [1.29, 1.82) is 0 Å². The zero-order valence-corrected chi connectivity index (χ0v) is 19.1. The van der Waals surface area contributed by atoms with Gasteiger partial charge in [-0.15, -0.1) is 28.3 Å². The fourth-order valence-electron chi connectivity index (χ4n) is 3.26. The predicted molar refractivity (Wildman–Crippen MR) is 126 cm³/mol. The molecule has 0 aliphatic carbocycles. The molecule has 30 heavy (non-hydrogen) atoms. The van der Waals surface area contributed by atoms with Crippen LogP contribution < -0.4 is 14.3 Å². The maximum atomic E-state index is 6.09. The number of aromatic nitrogens is 1. The Morgan fingerprint density at radius 2 is 1.70 bits per heavy atom. The molecule has 0 saturated heterocycles. The van der Waals surface area contributed by atoms with E-state index in [2.05, 4.69) is 16.0 Å². The minimum Gasteiger partial charge on any atom is -0.454 e. The van der Waals surface area contributed by atoms with Gasteiger partial charge >= 0.3 is 0 Å². The highest BCUT2D eigenvalue weighted by atomic mass is 79.9. The van der Waals surface area contributed by atoms with Crippen molar-refractivity contribution in [3.63, 3.8) is 0 Å². The molecular weight excluding hydrogens is 484 g/mol. The van der Waals surface area contributed by atoms with Crippen LogP contribution in [-0.4, -0.2) is 11.4 Å². The standard InChI is InChI=1S/C23H17ClN2O2S.BrH/c24-18-9-7-17(8-10-18)20-14-29-23(25-19-4-2-1-3-5-19)26(20)13-16-6-11-21-22(12-16)28-15-27-21;/h1-12,14H,13,15H2;1H. The minimum atomic E-state index is 0. The van der Waals surface area contributed by atoms with Crippen molar-refractivity contribution in [2.75, 3.05) is 6.79 Å². The highest BCUT2D eigenvalue weighted by molar-refractivity contribution is 8.93. The number of para-hydroxylation sites is 1. The molecule has 4 aromatic rings. The van der Waals surface area contributed by atoms with Gasteiger partial charge in [0, 0.05) is 10.4 Å². The van der Waals surface area contributed by atoms with Gasteiger partial charge in [0.1, 0.15) is 0 Å². The van der Waals surface area contributed by atoms with Gasteiger partial charge in [0.15, 0.2) is 16.3 Å². The van der Waals surface area contributed by atoms with E-state index in [1.165, 1.54) is 0 Å². The molecule has 5 rings (SSSR count). The first-order valence-electron chi connectivity index (χ1n) is 9.19. The number of rotatable bonds is 4. The molecule has 0 atom stereocenters. The van der Waals surface area contributed by atoms with Crippen LogP contribution in [0.3, 0.4) is 0 Å². The topological polar surface area (TPSA) is 35.8 Å². The lowest BCUT2D eigenvalue weighted by Crippen LogP contribution is -2.16. The zero-order chi connectivity index (χ0) is 19.6. The number of fused-ring (bicyclic) bond motifs is 1. The number of benzene rings is 3. The van der Waals surface area contributed by atoms with E-state index in [4.69, 9.17) is 26.1 Å². The first kappa shape index (κ1) is 20.7. The molecular formula is C23H18BrClN2O2S. The van der Waals surface area contributed by atoms with Crippen molar-refractivity contribution in [3.05, 3.63) is 93.6 Å². The average Bonchev–Trinajstić information content (AvgIpc) is 3.37. The lowest BCUT2D eigenvalue weighted by molar-refractivity contribution is 0.174. The van der Waals surface area contributed by atoms with Crippen LogP contribution in [0.2, 0.25) is 5.02 Å². The lowest BCUT2D eigenvalue weighted by Gasteiger charge is -2.10. The normalized spacial score (nSPS) is 12.6. The van der Waals surface area contributed by atoms with E-state index >= 15 is 0 Å². The van der Waals surface area contributed by atoms with Crippen LogP contribution in [0, 0.1) is 0 Å². The molecule has 0 saturated carbocycles. The molecule has 0 bridgehead atoms. The molecule has 0 amide bonds. The molecule has 1 aromatic heterocycles. The van der Waals surface area contributed by atoms with Crippen molar-refractivity contribution >= 4 is 45.6 Å². The van der Waals surface area contributed by atoms with E-state index < -0.39 is 0 Å². The molecule has 2 heterocycles. The fraction of sp³-hybridized carbons (Fsp3) is 0.0870. The van der Waals surface area contributed by atoms with Crippen molar-refractivity contribution in [1.82, 2.24) is 4.57 Å². The van der Waals surface area contributed by atoms with Crippen LogP contribution in [0.25, 0.3) is 11.3 Å². The van der Waals surface area contributed by atoms with Crippen LogP contribution in [-0.2, 0) is 6.54 Å². The van der Waals surface area contributed by atoms with Crippen molar-refractivity contribution in [2.45, 2.75) is 6.54 Å². The SMILES string of the molecule is Br.Clc1ccc(-c2csc(=Nc3ccccc3)n2Cc2ccc3c(c2)OCO3)cc1. The minimum absolute atomic E-state index is 0. The highest BCUT2D eigenvalue weighted by Crippen LogP contribution is 2.33. The first-order chi connectivity index (χ1) is 14.3. The summed E-state index contributed by atoms with van der Waals surface area (Å²) < 4.78 is 13.2. The quantitative estimate of drug-likeness (QED) is 0.322. The summed E-state index contributed by atoms with van der Waals surface area (Å²) in [5.41, 5.74) is 4.24. The third-order valence-electron chi connectivity index (χ3n) is 4.70. The number of hydrogen-bond acceptors (Lipinski definition) is 4. The predicted octanol–water partition coefficient (Wildman–Crippen LogP) is 6.46. The summed E-state index contributed by atoms with van der Waals surface area (Å²) in [6.07, 6.45) is 0. The van der Waals surface area contributed by atoms with Gasteiger partial charge in [0.05, 0.1) is 17.9 Å². The van der Waals surface area contributed by atoms with Gasteiger partial charge in [0.25, 0.3) is 0 Å². The second-order valence-electron chi connectivity index (χ2n) is 6.63. The summed E-state index contributed by atoms with van der Waals surface area (Å²) in [7, 11) is 0. The molecule has 0 radical (unpaired) electrons. The van der Waals surface area contributed by atoms with Crippen LogP contribution in [0.5, 0.6) is 11.5 Å². The molecule has 0 unspecified atom stereocenters. The van der Waals surface area contributed by atoms with E-state index in [0.29, 0.717) is 6.54 Å². The third-order valence-corrected chi connectivity index (χ3v) is 5.81. The monoisotopic (exact) mass is 500 g/mol. The van der Waals surface area contributed by atoms with E-state index in [1.807, 2.05) is 66.7 Å². The van der Waals surface area contributed by atoms with Gasteiger partial charge in [-0.05, 0) is 47.5 Å². The van der Waals surface area contributed by atoms with Gasteiger partial charge < -0.3 is 14.0 Å². The lowest BCUT2D eigenvalue weighted by atomic mass is 10.1. The third kappa shape index (κ3) is 4.31. The Morgan fingerprint density at radius 1 is 0.933 bits per heavy atom. The van der Waals surface area contributed by atoms with Crippen LogP contribution in [0.15, 0.2) is 83.2 Å². The summed E-state index contributed by atoms with van der Waals surface area (Å²) in [5.74, 6) is 1.57. The van der Waals surface area contributed by atoms with Gasteiger partial charge in [0.2, 0.25) is 6.79 Å². The van der Waals surface area contributed by atoms with Gasteiger partial charge in [-0.2, -0.15) is 0 Å². The fourth-order valence-corrected chi connectivity index (χ4v) is 4.31. The number of thiazole rings is 1. The number of nitrogens with zero attached hydrogens (tertiary/aromatic N) is 2. The van der Waals surface area contributed by atoms with Crippen molar-refractivity contribution < 1.29 is 9.47 Å². The van der Waals surface area contributed by atoms with Gasteiger partial charge in [-0.3, -0.25) is 0 Å². The molecule has 4 nitrogen and oxygen atoms in total. The Labute approximate surface area is 193 Å². The summed E-state index contributed by atoms with van der Waals surface area (Å²) in [4.78, 5) is 5.80. The summed E-state index contributed by atoms with van der Waals surface area (Å²) in [6.45, 7) is 0.943. The molecule has 1 aliphatic rings. The Balaban J connectivity index is 0.00000218. The van der Waals surface area contributed by atoms with Crippen molar-refractivity contribution in [2.24, 2.45) is 4.99 Å². The van der Waals surface area contributed by atoms with Gasteiger partial charge in [-0.25, -0.2) is 4.99 Å². The first-order valence-corrected chi connectivity index (χ1v) is 10.4. The molecule has 0 spiro atoms. The van der Waals surface area contributed by atoms with E-state index in [1.54, 1.807) is 11.3 Å². The molecule has 7 heteroatoms.